The molecular formula is C13H15F3N2O. The second kappa shape index (κ2) is 6.43. The molecule has 0 spiro atoms. The van der Waals surface area contributed by atoms with Crippen LogP contribution in [-0.4, -0.2) is 18.3 Å². The molecule has 0 fully saturated rings. The van der Waals surface area contributed by atoms with Gasteiger partial charge in [0.05, 0.1) is 16.8 Å². The molecule has 0 heterocycles. The first-order valence-electron chi connectivity index (χ1n) is 5.84. The first-order chi connectivity index (χ1) is 8.88. The minimum absolute atomic E-state index is 0.0361. The first kappa shape index (κ1) is 15.3. The summed E-state index contributed by atoms with van der Waals surface area (Å²) in [5.74, 6) is 0.166. The number of anilines is 1. The molecule has 1 unspecified atom stereocenters. The second-order valence-electron chi connectivity index (χ2n) is 4.37. The highest BCUT2D eigenvalue weighted by atomic mass is 19.4. The Labute approximate surface area is 109 Å². The normalized spacial score (nSPS) is 12.8. The van der Waals surface area contributed by atoms with Gasteiger partial charge in [0, 0.05) is 13.2 Å². The van der Waals surface area contributed by atoms with Crippen molar-refractivity contribution in [3.8, 4) is 6.07 Å². The molecule has 0 aliphatic carbocycles. The molecule has 1 atom stereocenters. The van der Waals surface area contributed by atoms with E-state index >= 15 is 0 Å². The van der Waals surface area contributed by atoms with E-state index in [1.165, 1.54) is 6.07 Å². The number of aliphatic hydroxyl groups is 1. The number of rotatable bonds is 5. The summed E-state index contributed by atoms with van der Waals surface area (Å²) in [7, 11) is 0. The highest BCUT2D eigenvalue weighted by Gasteiger charge is 2.31. The molecule has 0 aliphatic rings. The molecule has 19 heavy (non-hydrogen) atoms. The SMILES string of the molecule is CC(CCO)CNc1ccc(C(F)(F)F)cc1C#N. The Hall–Kier alpha value is -1.74. The average molecular weight is 272 g/mol. The van der Waals surface area contributed by atoms with Crippen molar-refractivity contribution in [2.75, 3.05) is 18.5 Å². The second-order valence-corrected chi connectivity index (χ2v) is 4.37. The van der Waals surface area contributed by atoms with E-state index in [1.807, 2.05) is 6.92 Å². The maximum atomic E-state index is 12.5. The molecule has 1 aromatic carbocycles. The molecule has 0 bridgehead atoms. The van der Waals surface area contributed by atoms with E-state index in [4.69, 9.17) is 10.4 Å². The lowest BCUT2D eigenvalue weighted by molar-refractivity contribution is -0.137. The maximum Gasteiger partial charge on any atom is 0.416 e. The van der Waals surface area contributed by atoms with E-state index < -0.39 is 11.7 Å². The van der Waals surface area contributed by atoms with Gasteiger partial charge in [0.15, 0.2) is 0 Å². The Balaban J connectivity index is 2.83. The molecule has 3 nitrogen and oxygen atoms in total. The van der Waals surface area contributed by atoms with Crippen molar-refractivity contribution < 1.29 is 18.3 Å². The van der Waals surface area contributed by atoms with Crippen LogP contribution < -0.4 is 5.32 Å². The van der Waals surface area contributed by atoms with Gasteiger partial charge in [-0.3, -0.25) is 0 Å². The monoisotopic (exact) mass is 272 g/mol. The van der Waals surface area contributed by atoms with Crippen molar-refractivity contribution in [3.63, 3.8) is 0 Å². The zero-order valence-electron chi connectivity index (χ0n) is 10.5. The van der Waals surface area contributed by atoms with Gasteiger partial charge >= 0.3 is 6.18 Å². The molecule has 0 saturated carbocycles. The lowest BCUT2D eigenvalue weighted by atomic mass is 10.1. The summed E-state index contributed by atoms with van der Waals surface area (Å²) in [5.41, 5.74) is -0.496. The minimum atomic E-state index is -4.45. The number of aliphatic hydroxyl groups excluding tert-OH is 1. The van der Waals surface area contributed by atoms with Gasteiger partial charge < -0.3 is 10.4 Å². The smallest absolute Gasteiger partial charge is 0.396 e. The zero-order valence-corrected chi connectivity index (χ0v) is 10.5. The third-order valence-corrected chi connectivity index (χ3v) is 2.73. The third kappa shape index (κ3) is 4.45. The summed E-state index contributed by atoms with van der Waals surface area (Å²) in [5, 5.41) is 20.6. The molecule has 1 aromatic rings. The molecule has 0 amide bonds. The van der Waals surface area contributed by atoms with Crippen LogP contribution in [0.25, 0.3) is 0 Å². The van der Waals surface area contributed by atoms with Gasteiger partial charge in [0.25, 0.3) is 0 Å². The number of hydrogen-bond acceptors (Lipinski definition) is 3. The van der Waals surface area contributed by atoms with Gasteiger partial charge in [-0.05, 0) is 30.5 Å². The van der Waals surface area contributed by atoms with Crippen LogP contribution in [-0.2, 0) is 6.18 Å². The number of benzene rings is 1. The van der Waals surface area contributed by atoms with E-state index in [0.29, 0.717) is 18.7 Å². The molecule has 6 heteroatoms. The summed E-state index contributed by atoms with van der Waals surface area (Å²) in [6, 6.07) is 4.79. The minimum Gasteiger partial charge on any atom is -0.396 e. The Bertz CT molecular complexity index is 466. The van der Waals surface area contributed by atoms with Gasteiger partial charge in [-0.25, -0.2) is 0 Å². The summed E-state index contributed by atoms with van der Waals surface area (Å²) >= 11 is 0. The topological polar surface area (TPSA) is 56.0 Å². The van der Waals surface area contributed by atoms with E-state index in [0.717, 1.165) is 12.1 Å². The maximum absolute atomic E-state index is 12.5. The molecule has 0 aromatic heterocycles. The van der Waals surface area contributed by atoms with Gasteiger partial charge in [0.2, 0.25) is 0 Å². The lowest BCUT2D eigenvalue weighted by Gasteiger charge is -2.14. The Kier molecular flexibility index (Phi) is 5.19. The molecule has 1 rings (SSSR count). The first-order valence-corrected chi connectivity index (χ1v) is 5.84. The van der Waals surface area contributed by atoms with Crippen molar-refractivity contribution in [1.82, 2.24) is 0 Å². The van der Waals surface area contributed by atoms with Crippen LogP contribution in [0.2, 0.25) is 0 Å². The van der Waals surface area contributed by atoms with Crippen molar-refractivity contribution in [3.05, 3.63) is 29.3 Å². The van der Waals surface area contributed by atoms with Crippen LogP contribution in [0.1, 0.15) is 24.5 Å². The van der Waals surface area contributed by atoms with E-state index in [1.54, 1.807) is 6.07 Å². The highest BCUT2D eigenvalue weighted by molar-refractivity contribution is 5.59. The number of alkyl halides is 3. The van der Waals surface area contributed by atoms with Gasteiger partial charge in [-0.2, -0.15) is 18.4 Å². The van der Waals surface area contributed by atoms with Crippen LogP contribution >= 0.6 is 0 Å². The molecule has 104 valence electrons. The van der Waals surface area contributed by atoms with Crippen LogP contribution in [0.4, 0.5) is 18.9 Å². The molecule has 0 radical (unpaired) electrons. The molecule has 0 saturated heterocycles. The van der Waals surface area contributed by atoms with Crippen LogP contribution in [0.15, 0.2) is 18.2 Å². The van der Waals surface area contributed by atoms with Crippen LogP contribution in [0.3, 0.4) is 0 Å². The van der Waals surface area contributed by atoms with E-state index in [-0.39, 0.29) is 18.1 Å². The Morgan fingerprint density at radius 3 is 2.63 bits per heavy atom. The average Bonchev–Trinajstić information content (AvgIpc) is 2.35. The van der Waals surface area contributed by atoms with Gasteiger partial charge in [0.1, 0.15) is 6.07 Å². The van der Waals surface area contributed by atoms with Crippen molar-refractivity contribution >= 4 is 5.69 Å². The molecular weight excluding hydrogens is 257 g/mol. The number of hydrogen-bond donors (Lipinski definition) is 2. The number of nitrogens with one attached hydrogen (secondary N) is 1. The molecule has 0 aliphatic heterocycles. The third-order valence-electron chi connectivity index (χ3n) is 2.73. The van der Waals surface area contributed by atoms with Gasteiger partial charge in [-0.15, -0.1) is 0 Å². The largest absolute Gasteiger partial charge is 0.416 e. The predicted molar refractivity (Wildman–Crippen MR) is 65.5 cm³/mol. The number of halogens is 3. The van der Waals surface area contributed by atoms with Crippen molar-refractivity contribution in [2.45, 2.75) is 19.5 Å². The summed E-state index contributed by atoms with van der Waals surface area (Å²) in [4.78, 5) is 0. The Morgan fingerprint density at radius 2 is 2.11 bits per heavy atom. The summed E-state index contributed by atoms with van der Waals surface area (Å²) in [6.07, 6.45) is -3.86. The Morgan fingerprint density at radius 1 is 1.42 bits per heavy atom. The summed E-state index contributed by atoms with van der Waals surface area (Å²) in [6.45, 7) is 2.45. The fourth-order valence-corrected chi connectivity index (χ4v) is 1.57. The quantitative estimate of drug-likeness (QED) is 0.866. The highest BCUT2D eigenvalue weighted by Crippen LogP contribution is 2.31. The van der Waals surface area contributed by atoms with Crippen LogP contribution in [0, 0.1) is 17.2 Å². The standard InChI is InChI=1S/C13H15F3N2O/c1-9(4-5-19)8-18-12-3-2-11(13(14,15)16)6-10(12)7-17/h2-3,6,9,18-19H,4-5,8H2,1H3. The fraction of sp³-hybridized carbons (Fsp3) is 0.462. The summed E-state index contributed by atoms with van der Waals surface area (Å²) < 4.78 is 37.5. The lowest BCUT2D eigenvalue weighted by Crippen LogP contribution is -2.14. The van der Waals surface area contributed by atoms with Gasteiger partial charge in [-0.1, -0.05) is 6.92 Å². The zero-order chi connectivity index (χ0) is 14.5. The van der Waals surface area contributed by atoms with E-state index in [2.05, 4.69) is 5.32 Å². The predicted octanol–water partition coefficient (Wildman–Crippen LogP) is 3.01. The van der Waals surface area contributed by atoms with Crippen molar-refractivity contribution in [2.24, 2.45) is 5.92 Å². The number of nitriles is 1. The molecule has 2 N–H and O–H groups in total. The van der Waals surface area contributed by atoms with Crippen LogP contribution in [0.5, 0.6) is 0 Å². The fourth-order valence-electron chi connectivity index (χ4n) is 1.57. The number of nitrogens with zero attached hydrogens (tertiary/aromatic N) is 1. The van der Waals surface area contributed by atoms with Crippen molar-refractivity contribution in [1.29, 1.82) is 5.26 Å². The van der Waals surface area contributed by atoms with E-state index in [9.17, 15) is 13.2 Å².